The Morgan fingerprint density at radius 3 is 1.80 bits per heavy atom. The van der Waals surface area contributed by atoms with Crippen molar-refractivity contribution < 1.29 is 19.1 Å². The molecule has 0 aliphatic heterocycles. The van der Waals surface area contributed by atoms with Gasteiger partial charge in [-0.1, -0.05) is 0 Å². The molecule has 0 aromatic heterocycles. The molecule has 0 radical (unpaired) electrons. The Bertz CT molecular complexity index is 61.7. The highest BCUT2D eigenvalue weighted by atomic mass is 31.1. The normalized spacial score (nSPS) is 7.40. The van der Waals surface area contributed by atoms with Crippen molar-refractivity contribution in [3.63, 3.8) is 0 Å². The highest BCUT2D eigenvalue weighted by Gasteiger charge is 1.75. The predicted octanol–water partition coefficient (Wildman–Crippen LogP) is 0.564. The van der Waals surface area contributed by atoms with E-state index in [2.05, 4.69) is 4.67 Å². The third kappa shape index (κ3) is 3.82. The molecule has 0 heterocycles. The molecule has 1 N–H and O–H groups in total. The highest BCUT2D eigenvalue weighted by molar-refractivity contribution is 7.24. The topological polar surface area (TPSA) is 63.6 Å². The highest BCUT2D eigenvalue weighted by Crippen LogP contribution is 1.97. The summed E-state index contributed by atoms with van der Waals surface area (Å²) in [5.41, 5.74) is 0. The second-order valence-electron chi connectivity index (χ2n) is 0.305. The molecule has 0 saturated carbocycles. The number of hydrogen-bond donors (Lipinski definition) is 1. The molecule has 0 aliphatic carbocycles. The van der Waals surface area contributed by atoms with Gasteiger partial charge in [-0.05, 0) is 0 Å². The lowest BCUT2D eigenvalue weighted by Gasteiger charge is -1.59. The predicted molar refractivity (Wildman–Crippen MR) is 12.0 cm³/mol. The van der Waals surface area contributed by atoms with Gasteiger partial charge in [0.05, 0.1) is 0 Å². The van der Waals surface area contributed by atoms with Crippen LogP contribution in [0.2, 0.25) is 0 Å². The lowest BCUT2D eigenvalue weighted by atomic mass is 15.0. The molecule has 30 valence electrons. The fourth-order valence-electron chi connectivity index (χ4n) is 0. The van der Waals surface area contributed by atoms with Crippen LogP contribution in [0.25, 0.3) is 0 Å². The average Bonchev–Trinajstić information content (AvgIpc) is 1.38. The molecule has 0 bridgehead atoms. The van der Waals surface area contributed by atoms with Crippen LogP contribution in [0.3, 0.4) is 0 Å². The van der Waals surface area contributed by atoms with Crippen molar-refractivity contribution >= 4 is 7.91 Å². The van der Waals surface area contributed by atoms with E-state index >= 15 is 0 Å². The summed E-state index contributed by atoms with van der Waals surface area (Å²) in [6.07, 6.45) is 0. The molecule has 0 saturated heterocycles. The van der Waals surface area contributed by atoms with Gasteiger partial charge >= 0.3 is 7.91 Å². The van der Waals surface area contributed by atoms with Crippen LogP contribution < -0.4 is 0 Å². The smallest absolute Gasteiger partial charge is 0.238 e. The SMILES string of the molecule is O=P(=O)OO. The summed E-state index contributed by atoms with van der Waals surface area (Å²) in [5, 5.41) is 7.05. The summed E-state index contributed by atoms with van der Waals surface area (Å²) >= 11 is 0. The average molecular weight is 96.0 g/mol. The van der Waals surface area contributed by atoms with Crippen LogP contribution in [-0.4, -0.2) is 5.26 Å². The summed E-state index contributed by atoms with van der Waals surface area (Å²) in [7, 11) is -3.04. The van der Waals surface area contributed by atoms with Crippen LogP contribution in [-0.2, 0) is 13.8 Å². The number of hydrogen-bond acceptors (Lipinski definition) is 4. The zero-order chi connectivity index (χ0) is 4.28. The molecular weight excluding hydrogens is 95.0 g/mol. The molecule has 0 unspecified atom stereocenters. The maximum atomic E-state index is 8.93. The maximum Gasteiger partial charge on any atom is 0.496 e. The largest absolute Gasteiger partial charge is 0.496 e. The minimum Gasteiger partial charge on any atom is -0.238 e. The van der Waals surface area contributed by atoms with Crippen LogP contribution in [0.15, 0.2) is 0 Å². The van der Waals surface area contributed by atoms with E-state index in [4.69, 9.17) is 14.4 Å². The maximum absolute atomic E-state index is 8.93. The molecule has 0 aliphatic rings. The van der Waals surface area contributed by atoms with E-state index in [-0.39, 0.29) is 0 Å². The van der Waals surface area contributed by atoms with E-state index in [1.807, 2.05) is 0 Å². The van der Waals surface area contributed by atoms with Crippen molar-refractivity contribution in [1.29, 1.82) is 0 Å². The van der Waals surface area contributed by atoms with Gasteiger partial charge in [-0.3, -0.25) is 0 Å². The Kier molecular flexibility index (Phi) is 2.01. The lowest BCUT2D eigenvalue weighted by molar-refractivity contribution is -0.132. The second-order valence-corrected chi connectivity index (χ2v) is 0.916. The molecule has 0 aromatic rings. The summed E-state index contributed by atoms with van der Waals surface area (Å²) < 4.78 is 20.6. The van der Waals surface area contributed by atoms with Gasteiger partial charge in [0.1, 0.15) is 0 Å². The molecule has 0 atom stereocenters. The van der Waals surface area contributed by atoms with Gasteiger partial charge in [-0.25, -0.2) is 14.4 Å². The Hall–Kier alpha value is -0.180. The Morgan fingerprint density at radius 2 is 1.80 bits per heavy atom. The molecule has 0 amide bonds. The summed E-state index contributed by atoms with van der Waals surface area (Å²) in [4.78, 5) is 0. The monoisotopic (exact) mass is 96.0 g/mol. The Morgan fingerprint density at radius 1 is 1.60 bits per heavy atom. The standard InChI is InChI=1S/HO4P/c1-4-5(2)3/h1H. The van der Waals surface area contributed by atoms with Gasteiger partial charge in [0.25, 0.3) is 0 Å². The molecular formula is HO4P. The van der Waals surface area contributed by atoms with Gasteiger partial charge in [0, 0.05) is 0 Å². The fourth-order valence-corrected chi connectivity index (χ4v) is 0. The van der Waals surface area contributed by atoms with Gasteiger partial charge in [0.2, 0.25) is 0 Å². The minimum atomic E-state index is -3.04. The first-order valence-electron chi connectivity index (χ1n) is 0.730. The van der Waals surface area contributed by atoms with E-state index in [1.165, 1.54) is 0 Å². The van der Waals surface area contributed by atoms with Crippen LogP contribution in [0, 0.1) is 0 Å². The fraction of sp³-hybridized carbons (Fsp3) is 0. The van der Waals surface area contributed by atoms with Crippen LogP contribution in [0.5, 0.6) is 0 Å². The molecule has 0 fully saturated rings. The summed E-state index contributed by atoms with van der Waals surface area (Å²) in [5.74, 6) is 0. The second kappa shape index (κ2) is 2.08. The zero-order valence-electron chi connectivity index (χ0n) is 2.12. The van der Waals surface area contributed by atoms with Gasteiger partial charge in [-0.15, -0.1) is 4.67 Å². The van der Waals surface area contributed by atoms with Crippen molar-refractivity contribution in [1.82, 2.24) is 0 Å². The summed E-state index contributed by atoms with van der Waals surface area (Å²) in [6.45, 7) is 0. The minimum absolute atomic E-state index is 2.70. The van der Waals surface area contributed by atoms with Crippen molar-refractivity contribution in [2.24, 2.45) is 0 Å². The third-order valence-corrected chi connectivity index (χ3v) is 0.200. The molecule has 5 heavy (non-hydrogen) atoms. The summed E-state index contributed by atoms with van der Waals surface area (Å²) in [6, 6.07) is 0. The first-order chi connectivity index (χ1) is 2.27. The first-order valence-corrected chi connectivity index (χ1v) is 1.83. The quantitative estimate of drug-likeness (QED) is 0.294. The molecule has 0 spiro atoms. The molecule has 4 nitrogen and oxygen atoms in total. The Labute approximate surface area is 28.2 Å². The van der Waals surface area contributed by atoms with Gasteiger partial charge in [0.15, 0.2) is 0 Å². The van der Waals surface area contributed by atoms with E-state index in [0.717, 1.165) is 0 Å². The van der Waals surface area contributed by atoms with Crippen LogP contribution in [0.1, 0.15) is 0 Å². The molecule has 0 rings (SSSR count). The van der Waals surface area contributed by atoms with Gasteiger partial charge < -0.3 is 0 Å². The van der Waals surface area contributed by atoms with E-state index < -0.39 is 7.91 Å². The molecule has 5 heteroatoms. The van der Waals surface area contributed by atoms with E-state index in [1.54, 1.807) is 0 Å². The Balaban J connectivity index is 3.23. The van der Waals surface area contributed by atoms with Crippen molar-refractivity contribution in [3.8, 4) is 0 Å². The van der Waals surface area contributed by atoms with Crippen molar-refractivity contribution in [2.45, 2.75) is 0 Å². The van der Waals surface area contributed by atoms with E-state index in [9.17, 15) is 0 Å². The van der Waals surface area contributed by atoms with Gasteiger partial charge in [-0.2, -0.15) is 0 Å². The lowest BCUT2D eigenvalue weighted by Crippen LogP contribution is -1.50. The zero-order valence-corrected chi connectivity index (χ0v) is 3.01. The van der Waals surface area contributed by atoms with Crippen molar-refractivity contribution in [2.75, 3.05) is 0 Å². The molecule has 0 aromatic carbocycles. The van der Waals surface area contributed by atoms with E-state index in [0.29, 0.717) is 0 Å². The van der Waals surface area contributed by atoms with Crippen LogP contribution in [0.4, 0.5) is 0 Å². The third-order valence-electron chi connectivity index (χ3n) is 0.0667. The first kappa shape index (κ1) is 4.82. The number of rotatable bonds is 1. The van der Waals surface area contributed by atoms with Crippen molar-refractivity contribution in [3.05, 3.63) is 0 Å². The van der Waals surface area contributed by atoms with Crippen LogP contribution >= 0.6 is 7.91 Å².